The van der Waals surface area contributed by atoms with Crippen LogP contribution < -0.4 is 11.1 Å². The molecule has 2 rings (SSSR count). The van der Waals surface area contributed by atoms with E-state index in [0.717, 1.165) is 38.8 Å². The molecular weight excluding hydrogens is 232 g/mol. The fourth-order valence-corrected chi connectivity index (χ4v) is 2.36. The van der Waals surface area contributed by atoms with E-state index in [4.69, 9.17) is 10.9 Å². The van der Waals surface area contributed by atoms with Crippen molar-refractivity contribution in [3.8, 4) is 0 Å². The van der Waals surface area contributed by atoms with Crippen LogP contribution in [0.15, 0.2) is 5.16 Å². The third kappa shape index (κ3) is 3.05. The summed E-state index contributed by atoms with van der Waals surface area (Å²) in [5.74, 6) is 1.13. The van der Waals surface area contributed by atoms with E-state index in [2.05, 4.69) is 17.4 Å². The largest absolute Gasteiger partial charge is 0.409 e. The van der Waals surface area contributed by atoms with Crippen LogP contribution in [0.3, 0.4) is 0 Å². The van der Waals surface area contributed by atoms with Gasteiger partial charge < -0.3 is 21.2 Å². The van der Waals surface area contributed by atoms with Crippen LogP contribution >= 0.6 is 0 Å². The van der Waals surface area contributed by atoms with Gasteiger partial charge in [0.15, 0.2) is 5.84 Å². The predicted molar refractivity (Wildman–Crippen MR) is 68.4 cm³/mol. The Balaban J connectivity index is 1.88. The molecule has 1 atom stereocenters. The lowest BCUT2D eigenvalue weighted by Gasteiger charge is -2.31. The first-order valence-corrected chi connectivity index (χ1v) is 6.64. The third-order valence-electron chi connectivity index (χ3n) is 3.88. The van der Waals surface area contributed by atoms with Crippen molar-refractivity contribution in [2.45, 2.75) is 38.6 Å². The number of piperidine rings is 1. The molecule has 2 amide bonds. The minimum atomic E-state index is -0.318. The number of rotatable bonds is 3. The zero-order valence-electron chi connectivity index (χ0n) is 10.8. The number of carbonyl (C=O) groups excluding carboxylic acids is 1. The molecule has 6 heteroatoms. The fourth-order valence-electron chi connectivity index (χ4n) is 2.36. The van der Waals surface area contributed by atoms with Gasteiger partial charge in [0, 0.05) is 13.1 Å². The average molecular weight is 254 g/mol. The number of nitrogens with zero attached hydrogens (tertiary/aromatic N) is 2. The minimum Gasteiger partial charge on any atom is -0.409 e. The van der Waals surface area contributed by atoms with Gasteiger partial charge in [-0.05, 0) is 37.5 Å². The smallest absolute Gasteiger partial charge is 0.317 e. The van der Waals surface area contributed by atoms with Crippen LogP contribution in [0.25, 0.3) is 0 Å². The van der Waals surface area contributed by atoms with Crippen LogP contribution in [-0.4, -0.2) is 41.1 Å². The summed E-state index contributed by atoms with van der Waals surface area (Å²) in [6.45, 7) is 3.79. The van der Waals surface area contributed by atoms with Crippen molar-refractivity contribution in [1.29, 1.82) is 0 Å². The number of hydrogen-bond donors (Lipinski definition) is 3. The molecule has 4 N–H and O–H groups in total. The Morgan fingerprint density at radius 2 is 2.00 bits per heavy atom. The standard InChI is InChI=1S/C12H22N4O2/c1-8-4-6-16(7-5-8)12(17)14-10(9-2-3-9)11(13)15-18/h8-10,18H,2-7H2,1H3,(H2,13,15)(H,14,17). The summed E-state index contributed by atoms with van der Waals surface area (Å²) in [4.78, 5) is 13.9. The minimum absolute atomic E-state index is 0.0922. The van der Waals surface area contributed by atoms with Gasteiger partial charge >= 0.3 is 6.03 Å². The Hall–Kier alpha value is -1.46. The van der Waals surface area contributed by atoms with Crippen LogP contribution in [0.2, 0.25) is 0 Å². The van der Waals surface area contributed by atoms with Gasteiger partial charge in [0.2, 0.25) is 0 Å². The van der Waals surface area contributed by atoms with E-state index >= 15 is 0 Å². The SMILES string of the molecule is CC1CCN(C(=O)NC(C(N)=NO)C2CC2)CC1. The molecular formula is C12H22N4O2. The van der Waals surface area contributed by atoms with E-state index in [1.807, 2.05) is 4.90 Å². The number of amides is 2. The Morgan fingerprint density at radius 3 is 2.50 bits per heavy atom. The van der Waals surface area contributed by atoms with E-state index < -0.39 is 0 Å². The molecule has 0 radical (unpaired) electrons. The van der Waals surface area contributed by atoms with Gasteiger partial charge in [-0.3, -0.25) is 0 Å². The second-order valence-electron chi connectivity index (χ2n) is 5.46. The molecule has 1 saturated heterocycles. The molecule has 0 spiro atoms. The lowest BCUT2D eigenvalue weighted by Crippen LogP contribution is -2.52. The van der Waals surface area contributed by atoms with Crippen molar-refractivity contribution in [2.75, 3.05) is 13.1 Å². The first kappa shape index (κ1) is 13.0. The number of nitrogens with one attached hydrogen (secondary N) is 1. The van der Waals surface area contributed by atoms with E-state index in [-0.39, 0.29) is 17.9 Å². The van der Waals surface area contributed by atoms with Crippen LogP contribution in [0, 0.1) is 11.8 Å². The average Bonchev–Trinajstić information content (AvgIpc) is 3.20. The molecule has 6 nitrogen and oxygen atoms in total. The molecule has 0 bridgehead atoms. The van der Waals surface area contributed by atoms with Crippen molar-refractivity contribution < 1.29 is 10.0 Å². The summed E-state index contributed by atoms with van der Waals surface area (Å²) in [6.07, 6.45) is 4.15. The van der Waals surface area contributed by atoms with E-state index in [1.165, 1.54) is 0 Å². The van der Waals surface area contributed by atoms with Crippen LogP contribution in [-0.2, 0) is 0 Å². The highest BCUT2D eigenvalue weighted by atomic mass is 16.4. The van der Waals surface area contributed by atoms with Crippen molar-refractivity contribution >= 4 is 11.9 Å². The number of nitrogens with two attached hydrogens (primary N) is 1. The van der Waals surface area contributed by atoms with Gasteiger partial charge in [-0.15, -0.1) is 0 Å². The van der Waals surface area contributed by atoms with Crippen LogP contribution in [0.1, 0.15) is 32.6 Å². The van der Waals surface area contributed by atoms with Crippen molar-refractivity contribution in [3.63, 3.8) is 0 Å². The number of carbonyl (C=O) groups is 1. The maximum Gasteiger partial charge on any atom is 0.317 e. The molecule has 0 aromatic carbocycles. The Morgan fingerprint density at radius 1 is 1.39 bits per heavy atom. The fraction of sp³-hybridized carbons (Fsp3) is 0.833. The van der Waals surface area contributed by atoms with Gasteiger partial charge in [-0.1, -0.05) is 12.1 Å². The van der Waals surface area contributed by atoms with Crippen molar-refractivity contribution in [3.05, 3.63) is 0 Å². The summed E-state index contributed by atoms with van der Waals surface area (Å²) >= 11 is 0. The van der Waals surface area contributed by atoms with Gasteiger partial charge in [0.25, 0.3) is 0 Å². The second kappa shape index (κ2) is 5.46. The normalized spacial score (nSPS) is 23.8. The summed E-state index contributed by atoms with van der Waals surface area (Å²) in [5.41, 5.74) is 5.62. The molecule has 2 fully saturated rings. The first-order chi connectivity index (χ1) is 8.61. The number of hydrogen-bond acceptors (Lipinski definition) is 3. The molecule has 0 aromatic rings. The molecule has 1 aliphatic carbocycles. The highest BCUT2D eigenvalue weighted by Gasteiger charge is 2.36. The number of likely N-dealkylation sites (tertiary alicyclic amines) is 1. The van der Waals surface area contributed by atoms with E-state index in [0.29, 0.717) is 11.8 Å². The van der Waals surface area contributed by atoms with Gasteiger partial charge in [0.05, 0.1) is 6.04 Å². The molecule has 1 unspecified atom stereocenters. The monoisotopic (exact) mass is 254 g/mol. The van der Waals surface area contributed by atoms with Crippen molar-refractivity contribution in [1.82, 2.24) is 10.2 Å². The van der Waals surface area contributed by atoms with Crippen LogP contribution in [0.4, 0.5) is 4.79 Å². The lowest BCUT2D eigenvalue weighted by molar-refractivity contribution is 0.171. The van der Waals surface area contributed by atoms with E-state index in [9.17, 15) is 4.79 Å². The van der Waals surface area contributed by atoms with Gasteiger partial charge in [-0.2, -0.15) is 0 Å². The zero-order valence-corrected chi connectivity index (χ0v) is 10.8. The summed E-state index contributed by atoms with van der Waals surface area (Å²) in [6, 6.07) is -0.410. The molecule has 1 saturated carbocycles. The molecule has 102 valence electrons. The van der Waals surface area contributed by atoms with Crippen LogP contribution in [0.5, 0.6) is 0 Å². The maximum atomic E-state index is 12.1. The summed E-state index contributed by atoms with van der Waals surface area (Å²) in [7, 11) is 0. The third-order valence-corrected chi connectivity index (χ3v) is 3.88. The second-order valence-corrected chi connectivity index (χ2v) is 5.46. The molecule has 1 aliphatic heterocycles. The predicted octanol–water partition coefficient (Wildman–Crippen LogP) is 0.953. The zero-order chi connectivity index (χ0) is 13.1. The molecule has 0 aromatic heterocycles. The Bertz CT molecular complexity index is 333. The molecule has 2 aliphatic rings. The molecule has 18 heavy (non-hydrogen) atoms. The van der Waals surface area contributed by atoms with E-state index in [1.54, 1.807) is 0 Å². The Labute approximate surface area is 107 Å². The van der Waals surface area contributed by atoms with Gasteiger partial charge in [0.1, 0.15) is 0 Å². The topological polar surface area (TPSA) is 91.0 Å². The summed E-state index contributed by atoms with van der Waals surface area (Å²) < 4.78 is 0. The lowest BCUT2D eigenvalue weighted by atomic mass is 9.99. The maximum absolute atomic E-state index is 12.1. The quantitative estimate of drug-likeness (QED) is 0.303. The Kier molecular flexibility index (Phi) is 3.93. The number of urea groups is 1. The highest BCUT2D eigenvalue weighted by molar-refractivity contribution is 5.90. The summed E-state index contributed by atoms with van der Waals surface area (Å²) in [5, 5.41) is 14.6. The number of oxime groups is 1. The molecule has 1 heterocycles. The van der Waals surface area contributed by atoms with Gasteiger partial charge in [-0.25, -0.2) is 4.79 Å². The first-order valence-electron chi connectivity index (χ1n) is 6.64. The number of amidine groups is 1. The highest BCUT2D eigenvalue weighted by Crippen LogP contribution is 2.32. The van der Waals surface area contributed by atoms with Crippen molar-refractivity contribution in [2.24, 2.45) is 22.7 Å².